The van der Waals surface area contributed by atoms with Crippen LogP contribution in [0, 0.1) is 6.92 Å². The molecule has 6 nitrogen and oxygen atoms in total. The Bertz CT molecular complexity index is 782. The fourth-order valence-corrected chi connectivity index (χ4v) is 3.00. The molecule has 0 aliphatic carbocycles. The molecule has 0 atom stereocenters. The summed E-state index contributed by atoms with van der Waals surface area (Å²) in [7, 11) is 1.61. The van der Waals surface area contributed by atoms with Gasteiger partial charge in [0.15, 0.2) is 16.6 Å². The average molecular weight is 393 g/mol. The minimum Gasteiger partial charge on any atom is -0.493 e. The summed E-state index contributed by atoms with van der Waals surface area (Å²) in [4.78, 5) is 4.39. The highest BCUT2D eigenvalue weighted by molar-refractivity contribution is 7.80. The normalized spacial score (nSPS) is 11.4. The Balaban J connectivity index is 1.96. The minimum atomic E-state index is -0.113. The first-order chi connectivity index (χ1) is 12.3. The quantitative estimate of drug-likeness (QED) is 0.444. The Morgan fingerprint density at radius 2 is 2.12 bits per heavy atom. The molecule has 0 radical (unpaired) electrons. The lowest BCUT2D eigenvalue weighted by molar-refractivity contribution is 0.281. The van der Waals surface area contributed by atoms with Gasteiger partial charge in [0, 0.05) is 10.9 Å². The zero-order valence-corrected chi connectivity index (χ0v) is 17.3. The number of thiazole rings is 1. The molecule has 2 N–H and O–H groups in total. The second-order valence-corrected chi connectivity index (χ2v) is 8.10. The number of nitrogens with one attached hydrogen (secondary N) is 2. The van der Waals surface area contributed by atoms with Crippen LogP contribution in [0.5, 0.6) is 11.5 Å². The van der Waals surface area contributed by atoms with Crippen LogP contribution in [0.3, 0.4) is 0 Å². The molecule has 0 saturated carbocycles. The van der Waals surface area contributed by atoms with Crippen molar-refractivity contribution >= 4 is 34.9 Å². The highest BCUT2D eigenvalue weighted by Crippen LogP contribution is 2.28. The van der Waals surface area contributed by atoms with E-state index in [0.29, 0.717) is 23.2 Å². The van der Waals surface area contributed by atoms with Crippen LogP contribution in [0.1, 0.15) is 37.0 Å². The van der Waals surface area contributed by atoms with Gasteiger partial charge in [-0.05, 0) is 63.7 Å². The summed E-state index contributed by atoms with van der Waals surface area (Å²) in [5.74, 6) is 1.30. The van der Waals surface area contributed by atoms with Crippen molar-refractivity contribution in [2.75, 3.05) is 7.11 Å². The van der Waals surface area contributed by atoms with Gasteiger partial charge < -0.3 is 14.8 Å². The number of methoxy groups -OCH3 is 1. The number of rotatable bonds is 6. The number of hydrogen-bond acceptors (Lipinski definition) is 6. The van der Waals surface area contributed by atoms with E-state index in [1.165, 1.54) is 0 Å². The Morgan fingerprint density at radius 3 is 2.73 bits per heavy atom. The monoisotopic (exact) mass is 392 g/mol. The molecule has 1 aromatic carbocycles. The van der Waals surface area contributed by atoms with Crippen LogP contribution in [0.25, 0.3) is 0 Å². The molecule has 0 saturated heterocycles. The number of nitrogens with zero attached hydrogens (tertiary/aromatic N) is 2. The molecule has 0 spiro atoms. The van der Waals surface area contributed by atoms with Crippen molar-refractivity contribution < 1.29 is 9.47 Å². The Morgan fingerprint density at radius 1 is 1.35 bits per heavy atom. The molecule has 140 valence electrons. The topological polar surface area (TPSA) is 67.8 Å². The SMILES string of the molecule is COc1cc(/C=N\NC(=S)NC(C)(C)C)ccc1OCc1csc(C)n1. The second kappa shape index (κ2) is 8.95. The summed E-state index contributed by atoms with van der Waals surface area (Å²) in [5.41, 5.74) is 4.46. The number of aryl methyl sites for hydroxylation is 1. The summed E-state index contributed by atoms with van der Waals surface area (Å²) in [6, 6.07) is 5.60. The van der Waals surface area contributed by atoms with Gasteiger partial charge in [0.05, 0.1) is 24.0 Å². The smallest absolute Gasteiger partial charge is 0.187 e. The maximum Gasteiger partial charge on any atom is 0.187 e. The van der Waals surface area contributed by atoms with Gasteiger partial charge in [0.2, 0.25) is 0 Å². The van der Waals surface area contributed by atoms with Gasteiger partial charge in [-0.3, -0.25) is 5.43 Å². The Kier molecular flexibility index (Phi) is 6.93. The van der Waals surface area contributed by atoms with E-state index in [9.17, 15) is 0 Å². The van der Waals surface area contributed by atoms with Crippen molar-refractivity contribution in [3.05, 3.63) is 39.8 Å². The molecular formula is C18H24N4O2S2. The molecule has 0 aliphatic heterocycles. The number of hydrazone groups is 1. The largest absolute Gasteiger partial charge is 0.493 e. The molecule has 0 unspecified atom stereocenters. The lowest BCUT2D eigenvalue weighted by Gasteiger charge is -2.21. The van der Waals surface area contributed by atoms with E-state index in [-0.39, 0.29) is 5.54 Å². The van der Waals surface area contributed by atoms with Crippen molar-refractivity contribution in [3.63, 3.8) is 0 Å². The summed E-state index contributed by atoms with van der Waals surface area (Å²) < 4.78 is 11.2. The molecule has 1 aromatic heterocycles. The van der Waals surface area contributed by atoms with Crippen molar-refractivity contribution in [3.8, 4) is 11.5 Å². The fraction of sp³-hybridized carbons (Fsp3) is 0.389. The zero-order valence-electron chi connectivity index (χ0n) is 15.6. The first kappa shape index (κ1) is 20.1. The third-order valence-electron chi connectivity index (χ3n) is 3.10. The van der Waals surface area contributed by atoms with E-state index < -0.39 is 0 Å². The number of hydrogen-bond donors (Lipinski definition) is 2. The summed E-state index contributed by atoms with van der Waals surface area (Å²) in [5, 5.41) is 10.8. The number of ether oxygens (including phenoxy) is 2. The predicted molar refractivity (Wildman–Crippen MR) is 110 cm³/mol. The zero-order chi connectivity index (χ0) is 19.2. The van der Waals surface area contributed by atoms with Crippen LogP contribution in [0.15, 0.2) is 28.7 Å². The molecule has 0 bridgehead atoms. The standard InChI is InChI=1S/C18H24N4O2S2/c1-12-20-14(11-26-12)10-24-15-7-6-13(8-16(15)23-5)9-19-22-17(25)21-18(2,3)4/h6-9,11H,10H2,1-5H3,(H2,21,22,25)/b19-9-. The van der Waals surface area contributed by atoms with Gasteiger partial charge in [-0.2, -0.15) is 5.10 Å². The lowest BCUT2D eigenvalue weighted by Crippen LogP contribution is -2.44. The summed E-state index contributed by atoms with van der Waals surface area (Å²) >= 11 is 6.79. The Labute approximate surface area is 163 Å². The summed E-state index contributed by atoms with van der Waals surface area (Å²) in [6.45, 7) is 8.46. The van der Waals surface area contributed by atoms with Crippen LogP contribution in [0.4, 0.5) is 0 Å². The van der Waals surface area contributed by atoms with Crippen LogP contribution in [0.2, 0.25) is 0 Å². The van der Waals surface area contributed by atoms with Crippen molar-refractivity contribution in [1.82, 2.24) is 15.7 Å². The number of benzene rings is 1. The first-order valence-corrected chi connectivity index (χ1v) is 9.38. The van der Waals surface area contributed by atoms with Gasteiger partial charge in [-0.25, -0.2) is 4.98 Å². The van der Waals surface area contributed by atoms with Crippen LogP contribution >= 0.6 is 23.6 Å². The van der Waals surface area contributed by atoms with Gasteiger partial charge >= 0.3 is 0 Å². The molecule has 26 heavy (non-hydrogen) atoms. The van der Waals surface area contributed by atoms with E-state index >= 15 is 0 Å². The molecule has 0 fully saturated rings. The Hall–Kier alpha value is -2.19. The number of thiocarbonyl (C=S) groups is 1. The highest BCUT2D eigenvalue weighted by atomic mass is 32.1. The van der Waals surface area contributed by atoms with E-state index in [2.05, 4.69) is 20.8 Å². The fourth-order valence-electron chi connectivity index (χ4n) is 2.04. The van der Waals surface area contributed by atoms with Gasteiger partial charge in [0.1, 0.15) is 6.61 Å². The molecule has 1 heterocycles. The van der Waals surface area contributed by atoms with Crippen LogP contribution in [-0.4, -0.2) is 29.0 Å². The molecule has 0 aliphatic rings. The van der Waals surface area contributed by atoms with Gasteiger partial charge in [0.25, 0.3) is 0 Å². The summed E-state index contributed by atoms with van der Waals surface area (Å²) in [6.07, 6.45) is 1.67. The van der Waals surface area contributed by atoms with Crippen LogP contribution < -0.4 is 20.2 Å². The van der Waals surface area contributed by atoms with Crippen molar-refractivity contribution in [1.29, 1.82) is 0 Å². The molecule has 0 amide bonds. The third kappa shape index (κ3) is 6.61. The third-order valence-corrected chi connectivity index (χ3v) is 4.11. The maximum absolute atomic E-state index is 5.81. The van der Waals surface area contributed by atoms with Crippen LogP contribution in [-0.2, 0) is 6.61 Å². The first-order valence-electron chi connectivity index (χ1n) is 8.10. The molecule has 8 heteroatoms. The molecule has 2 aromatic rings. The van der Waals surface area contributed by atoms with E-state index in [0.717, 1.165) is 16.3 Å². The van der Waals surface area contributed by atoms with Gasteiger partial charge in [-0.1, -0.05) is 0 Å². The second-order valence-electron chi connectivity index (χ2n) is 6.63. The average Bonchev–Trinajstić information content (AvgIpc) is 2.97. The number of aromatic nitrogens is 1. The minimum absolute atomic E-state index is 0.113. The maximum atomic E-state index is 5.81. The molecular weight excluding hydrogens is 368 g/mol. The van der Waals surface area contributed by atoms with Crippen molar-refractivity contribution in [2.45, 2.75) is 39.8 Å². The van der Waals surface area contributed by atoms with E-state index in [1.807, 2.05) is 51.3 Å². The van der Waals surface area contributed by atoms with E-state index in [1.54, 1.807) is 24.7 Å². The molecule has 2 rings (SSSR count). The lowest BCUT2D eigenvalue weighted by atomic mass is 10.1. The van der Waals surface area contributed by atoms with Gasteiger partial charge in [-0.15, -0.1) is 11.3 Å². The predicted octanol–water partition coefficient (Wildman–Crippen LogP) is 3.64. The van der Waals surface area contributed by atoms with Crippen molar-refractivity contribution in [2.24, 2.45) is 5.10 Å². The highest BCUT2D eigenvalue weighted by Gasteiger charge is 2.10. The van der Waals surface area contributed by atoms with E-state index in [4.69, 9.17) is 21.7 Å².